The molecule has 13 heteroatoms. The number of anilines is 1. The molecule has 1 amide bonds. The topological polar surface area (TPSA) is 107 Å². The number of halogens is 3. The summed E-state index contributed by atoms with van der Waals surface area (Å²) in [7, 11) is 0. The molecule has 4 aromatic carbocycles. The maximum atomic E-state index is 13.6. The molecule has 1 aliphatic carbocycles. The van der Waals surface area contributed by atoms with Gasteiger partial charge in [-0.15, -0.1) is 0 Å². The van der Waals surface area contributed by atoms with Gasteiger partial charge in [-0.1, -0.05) is 60.7 Å². The van der Waals surface area contributed by atoms with E-state index < -0.39 is 12.6 Å². The summed E-state index contributed by atoms with van der Waals surface area (Å²) in [6.45, 7) is 9.14. The van der Waals surface area contributed by atoms with E-state index in [-0.39, 0.29) is 18.4 Å². The predicted octanol–water partition coefficient (Wildman–Crippen LogP) is 10.8. The standard InChI is InChI=1S/C53H58F3N9O/c1-35-26-39(8-14-46(35)44-13-15-49-45(27-44)34-65(62-49)33-38-2-3-38)29-57-28-36-4-11-43(12-5-36)51(66)64-24-18-41(19-25-64)40-16-22-63(23-17-40)32-37-6-9-42(10-7-37)47-30-59-50-48(47)31-60-52(61-50)58-21-20-53(54,55)56/h4-15,26-27,30-31,34,38,40-41,57H,2-3,16-25,28-29,32-33H2,1H3,(H2,58,59,60,61). The van der Waals surface area contributed by atoms with E-state index >= 15 is 0 Å². The Morgan fingerprint density at radius 1 is 0.788 bits per heavy atom. The molecule has 0 radical (unpaired) electrons. The van der Waals surface area contributed by atoms with Crippen molar-refractivity contribution in [1.29, 1.82) is 0 Å². The Morgan fingerprint density at radius 3 is 2.21 bits per heavy atom. The first-order valence-corrected chi connectivity index (χ1v) is 23.7. The van der Waals surface area contributed by atoms with Gasteiger partial charge in [0.1, 0.15) is 5.65 Å². The highest BCUT2D eigenvalue weighted by atomic mass is 19.4. The number of likely N-dealkylation sites (tertiary alicyclic amines) is 2. The lowest BCUT2D eigenvalue weighted by atomic mass is 9.78. The number of nitrogens with one attached hydrogen (secondary N) is 3. The van der Waals surface area contributed by atoms with Gasteiger partial charge in [-0.05, 0) is 140 Å². The number of rotatable bonds is 15. The zero-order valence-corrected chi connectivity index (χ0v) is 37.6. The number of nitrogens with zero attached hydrogens (tertiary/aromatic N) is 6. The van der Waals surface area contributed by atoms with E-state index in [0.29, 0.717) is 17.5 Å². The normalized spacial score (nSPS) is 16.7. The maximum Gasteiger partial charge on any atom is 0.390 e. The first-order valence-electron chi connectivity index (χ1n) is 23.7. The van der Waals surface area contributed by atoms with E-state index in [9.17, 15) is 18.0 Å². The number of aromatic amines is 1. The highest BCUT2D eigenvalue weighted by Crippen LogP contribution is 2.35. The molecule has 342 valence electrons. The fraction of sp³-hybridized carbons (Fsp3) is 0.396. The van der Waals surface area contributed by atoms with Gasteiger partial charge >= 0.3 is 6.18 Å². The molecule has 0 spiro atoms. The molecule has 0 atom stereocenters. The van der Waals surface area contributed by atoms with Crippen molar-refractivity contribution in [2.75, 3.05) is 38.0 Å². The van der Waals surface area contributed by atoms with Crippen LogP contribution in [-0.2, 0) is 26.2 Å². The molecule has 2 aliphatic heterocycles. The van der Waals surface area contributed by atoms with Crippen molar-refractivity contribution in [1.82, 2.24) is 39.8 Å². The average molecular weight is 894 g/mol. The van der Waals surface area contributed by atoms with Gasteiger partial charge in [-0.25, -0.2) is 4.98 Å². The molecule has 7 aromatic rings. The van der Waals surface area contributed by atoms with Crippen LogP contribution in [0.25, 0.3) is 44.2 Å². The van der Waals surface area contributed by atoms with Crippen LogP contribution in [0.5, 0.6) is 0 Å². The van der Waals surface area contributed by atoms with Crippen LogP contribution in [0.1, 0.15) is 77.6 Å². The smallest absolute Gasteiger partial charge is 0.354 e. The van der Waals surface area contributed by atoms with Gasteiger partial charge in [0, 0.05) is 86.3 Å². The Balaban J connectivity index is 0.639. The van der Waals surface area contributed by atoms with Gasteiger partial charge in [-0.2, -0.15) is 23.3 Å². The van der Waals surface area contributed by atoms with Crippen LogP contribution in [0.4, 0.5) is 19.1 Å². The number of amides is 1. The number of carbonyl (C=O) groups is 1. The zero-order chi connectivity index (χ0) is 45.2. The number of alkyl halides is 3. The van der Waals surface area contributed by atoms with E-state index in [0.717, 1.165) is 104 Å². The van der Waals surface area contributed by atoms with Crippen molar-refractivity contribution in [2.45, 2.75) is 84.2 Å². The minimum absolute atomic E-state index is 0.137. The average Bonchev–Trinajstić information content (AvgIpc) is 3.89. The van der Waals surface area contributed by atoms with Gasteiger partial charge in [0.15, 0.2) is 0 Å². The minimum Gasteiger partial charge on any atom is -0.354 e. The lowest BCUT2D eigenvalue weighted by Gasteiger charge is -2.40. The second-order valence-electron chi connectivity index (χ2n) is 18.9. The van der Waals surface area contributed by atoms with Crippen molar-refractivity contribution in [2.24, 2.45) is 17.8 Å². The molecule has 1 saturated carbocycles. The fourth-order valence-electron chi connectivity index (χ4n) is 10.1. The van der Waals surface area contributed by atoms with Crippen LogP contribution in [0, 0.1) is 24.7 Å². The van der Waals surface area contributed by atoms with Gasteiger partial charge in [0.2, 0.25) is 5.95 Å². The van der Waals surface area contributed by atoms with Crippen LogP contribution < -0.4 is 10.6 Å². The van der Waals surface area contributed by atoms with Crippen LogP contribution in [0.3, 0.4) is 0 Å². The first kappa shape index (κ1) is 43.8. The van der Waals surface area contributed by atoms with Crippen molar-refractivity contribution >= 4 is 33.8 Å². The second-order valence-corrected chi connectivity index (χ2v) is 18.9. The second kappa shape index (κ2) is 19.0. The number of hydrogen-bond donors (Lipinski definition) is 3. The van der Waals surface area contributed by atoms with Gasteiger partial charge in [0.05, 0.1) is 11.9 Å². The highest BCUT2D eigenvalue weighted by Gasteiger charge is 2.31. The largest absolute Gasteiger partial charge is 0.390 e. The van der Waals surface area contributed by atoms with Gasteiger partial charge < -0.3 is 20.5 Å². The third-order valence-corrected chi connectivity index (χ3v) is 14.1. The van der Waals surface area contributed by atoms with Gasteiger partial charge in [0.25, 0.3) is 5.91 Å². The van der Waals surface area contributed by atoms with Crippen molar-refractivity contribution < 1.29 is 18.0 Å². The monoisotopic (exact) mass is 893 g/mol. The van der Waals surface area contributed by atoms with Crippen LogP contribution in [0.15, 0.2) is 104 Å². The van der Waals surface area contributed by atoms with E-state index in [2.05, 4.69) is 126 Å². The number of aromatic nitrogens is 5. The Hall–Kier alpha value is -6.05. The summed E-state index contributed by atoms with van der Waals surface area (Å²) in [5.74, 6) is 2.46. The maximum absolute atomic E-state index is 13.6. The Morgan fingerprint density at radius 2 is 1.48 bits per heavy atom. The zero-order valence-electron chi connectivity index (χ0n) is 37.6. The summed E-state index contributed by atoms with van der Waals surface area (Å²) in [6, 6.07) is 30.0. The highest BCUT2D eigenvalue weighted by molar-refractivity contribution is 5.94. The van der Waals surface area contributed by atoms with Crippen LogP contribution >= 0.6 is 0 Å². The van der Waals surface area contributed by atoms with Gasteiger partial charge in [-0.3, -0.25) is 14.4 Å². The minimum atomic E-state index is -4.23. The third kappa shape index (κ3) is 10.5. The molecule has 3 aliphatic rings. The summed E-state index contributed by atoms with van der Waals surface area (Å²) in [5, 5.41) is 13.0. The van der Waals surface area contributed by atoms with E-state index in [1.165, 1.54) is 58.9 Å². The number of benzene rings is 4. The van der Waals surface area contributed by atoms with Crippen molar-refractivity contribution in [3.8, 4) is 22.3 Å². The molecular weight excluding hydrogens is 836 g/mol. The lowest BCUT2D eigenvalue weighted by Crippen LogP contribution is -2.42. The summed E-state index contributed by atoms with van der Waals surface area (Å²) in [6.07, 6.45) is 7.68. The van der Waals surface area contributed by atoms with E-state index in [4.69, 9.17) is 5.10 Å². The molecule has 10 rings (SSSR count). The van der Waals surface area contributed by atoms with E-state index in [1.807, 2.05) is 18.3 Å². The predicted molar refractivity (Wildman–Crippen MR) is 255 cm³/mol. The number of piperidine rings is 2. The molecule has 0 bridgehead atoms. The van der Waals surface area contributed by atoms with Crippen LogP contribution in [-0.4, -0.2) is 79.3 Å². The summed E-state index contributed by atoms with van der Waals surface area (Å²) < 4.78 is 39.7. The number of carbonyl (C=O) groups excluding carboxylic acids is 1. The summed E-state index contributed by atoms with van der Waals surface area (Å²) in [5.41, 5.74) is 11.8. The van der Waals surface area contributed by atoms with E-state index in [1.54, 1.807) is 6.20 Å². The fourth-order valence-corrected chi connectivity index (χ4v) is 10.1. The summed E-state index contributed by atoms with van der Waals surface area (Å²) in [4.78, 5) is 29.9. The Labute approximate surface area is 384 Å². The Bertz CT molecular complexity index is 2780. The molecule has 0 unspecified atom stereocenters. The number of fused-ring (bicyclic) bond motifs is 2. The number of hydrogen-bond acceptors (Lipinski definition) is 7. The Kier molecular flexibility index (Phi) is 12.6. The van der Waals surface area contributed by atoms with Crippen molar-refractivity contribution in [3.05, 3.63) is 131 Å². The molecule has 66 heavy (non-hydrogen) atoms. The lowest BCUT2D eigenvalue weighted by molar-refractivity contribution is -0.131. The molecule has 3 aromatic heterocycles. The molecular formula is C53H58F3N9O. The molecule has 2 saturated heterocycles. The first-order chi connectivity index (χ1) is 32.1. The summed E-state index contributed by atoms with van der Waals surface area (Å²) >= 11 is 0. The number of H-pyrrole nitrogens is 1. The third-order valence-electron chi connectivity index (χ3n) is 14.1. The molecule has 10 nitrogen and oxygen atoms in total. The molecule has 5 heterocycles. The SMILES string of the molecule is Cc1cc(CNCc2ccc(C(=O)N3CCC(C4CCN(Cc5ccc(-c6c[nH]c7nc(NCCC(F)(F)F)ncc67)cc5)CC4)CC3)cc2)ccc1-c1ccc2nn(CC3CC3)cc2c1. The van der Waals surface area contributed by atoms with Crippen LogP contribution in [0.2, 0.25) is 0 Å². The number of aryl methyl sites for hydroxylation is 1. The molecule has 3 fully saturated rings. The quantitative estimate of drug-likeness (QED) is 0.0941. The molecule has 3 N–H and O–H groups in total. The van der Waals surface area contributed by atoms with Crippen molar-refractivity contribution in [3.63, 3.8) is 0 Å².